The number of nitrogens with zero attached hydrogens (tertiary/aromatic N) is 2. The minimum atomic E-state index is -3.90. The highest BCUT2D eigenvalue weighted by molar-refractivity contribution is 7.92. The number of amides is 1. The fourth-order valence-electron chi connectivity index (χ4n) is 5.01. The van der Waals surface area contributed by atoms with E-state index in [9.17, 15) is 22.0 Å². The van der Waals surface area contributed by atoms with Gasteiger partial charge in [-0.15, -0.1) is 0 Å². The number of sulfonamides is 1. The first-order valence-electron chi connectivity index (χ1n) is 13.7. The maximum absolute atomic E-state index is 14.6. The Kier molecular flexibility index (Phi) is 9.85. The van der Waals surface area contributed by atoms with Crippen LogP contribution in [0.4, 0.5) is 14.5 Å². The Balaban J connectivity index is 1.68. The van der Waals surface area contributed by atoms with E-state index in [-0.39, 0.29) is 71.1 Å². The van der Waals surface area contributed by atoms with Crippen LogP contribution in [0.5, 0.6) is 5.75 Å². The van der Waals surface area contributed by atoms with E-state index in [0.29, 0.717) is 6.54 Å². The van der Waals surface area contributed by atoms with Crippen molar-refractivity contribution in [3.8, 4) is 5.75 Å². The van der Waals surface area contributed by atoms with Gasteiger partial charge in [-0.3, -0.25) is 14.4 Å². The summed E-state index contributed by atoms with van der Waals surface area (Å²) in [4.78, 5) is 17.1. The molecule has 0 bridgehead atoms. The molecule has 3 aromatic carbocycles. The Morgan fingerprint density at radius 2 is 1.81 bits per heavy atom. The van der Waals surface area contributed by atoms with Crippen molar-refractivity contribution in [1.82, 2.24) is 9.80 Å². The second kappa shape index (κ2) is 13.2. The van der Waals surface area contributed by atoms with E-state index < -0.39 is 21.7 Å². The summed E-state index contributed by atoms with van der Waals surface area (Å²) in [6.07, 6.45) is -0.338. The molecule has 1 heterocycles. The molecule has 0 spiro atoms. The molecule has 0 radical (unpaired) electrons. The Hall–Kier alpha value is -3.54. The van der Waals surface area contributed by atoms with E-state index in [1.54, 1.807) is 39.3 Å². The van der Waals surface area contributed by atoms with Crippen LogP contribution in [0.3, 0.4) is 0 Å². The largest absolute Gasteiger partial charge is 0.491 e. The molecule has 0 aromatic heterocycles. The van der Waals surface area contributed by atoms with E-state index in [1.807, 2.05) is 18.7 Å². The van der Waals surface area contributed by atoms with Gasteiger partial charge in [0.1, 0.15) is 24.0 Å². The zero-order valence-electron chi connectivity index (χ0n) is 24.4. The van der Waals surface area contributed by atoms with Crippen LogP contribution < -0.4 is 9.46 Å². The Labute approximate surface area is 246 Å². The maximum atomic E-state index is 14.6. The lowest BCUT2D eigenvalue weighted by molar-refractivity contribution is 0.00903. The number of hydrogen-bond acceptors (Lipinski definition) is 6. The van der Waals surface area contributed by atoms with Gasteiger partial charge in [0.15, 0.2) is 0 Å². The molecule has 3 aromatic rings. The Morgan fingerprint density at radius 1 is 1.05 bits per heavy atom. The molecule has 0 unspecified atom stereocenters. The number of anilines is 1. The zero-order valence-corrected chi connectivity index (χ0v) is 25.3. The third-order valence-electron chi connectivity index (χ3n) is 7.51. The Morgan fingerprint density at radius 3 is 2.52 bits per heavy atom. The van der Waals surface area contributed by atoms with Crippen molar-refractivity contribution >= 4 is 21.6 Å². The number of carbonyl (C=O) groups is 1. The number of hydrogen-bond donors (Lipinski definition) is 1. The number of likely N-dealkylation sites (N-methyl/N-ethyl adjacent to an activating group) is 1. The van der Waals surface area contributed by atoms with Crippen molar-refractivity contribution < 1.29 is 31.5 Å². The van der Waals surface area contributed by atoms with Crippen molar-refractivity contribution in [2.24, 2.45) is 5.92 Å². The normalized spacial score (nSPS) is 20.7. The summed E-state index contributed by atoms with van der Waals surface area (Å²) in [6, 6.07) is 14.2. The van der Waals surface area contributed by atoms with Gasteiger partial charge in [0.05, 0.1) is 22.3 Å². The minimum absolute atomic E-state index is 0.0679. The predicted molar refractivity (Wildman–Crippen MR) is 157 cm³/mol. The fraction of sp³-hybridized carbons (Fsp3) is 0.387. The zero-order chi connectivity index (χ0) is 30.6. The summed E-state index contributed by atoms with van der Waals surface area (Å²) < 4.78 is 69.2. The minimum Gasteiger partial charge on any atom is -0.491 e. The molecular weight excluding hydrogens is 564 g/mol. The topological polar surface area (TPSA) is 88.2 Å². The average Bonchev–Trinajstić information content (AvgIpc) is 2.95. The van der Waals surface area contributed by atoms with Crippen LogP contribution in [-0.2, 0) is 21.3 Å². The van der Waals surface area contributed by atoms with Gasteiger partial charge in [0.25, 0.3) is 15.9 Å². The monoisotopic (exact) mass is 601 g/mol. The first-order chi connectivity index (χ1) is 19.9. The molecule has 4 rings (SSSR count). The van der Waals surface area contributed by atoms with Crippen LogP contribution in [0.1, 0.15) is 35.3 Å². The summed E-state index contributed by atoms with van der Waals surface area (Å²) in [7, 11) is -0.658. The number of benzene rings is 3. The van der Waals surface area contributed by atoms with Crippen LogP contribution in [0, 0.1) is 24.5 Å². The molecular formula is C31H37F2N3O5S. The van der Waals surface area contributed by atoms with Gasteiger partial charge in [-0.2, -0.15) is 0 Å². The lowest BCUT2D eigenvalue weighted by atomic mass is 10.0. The standard InChI is InChI=1S/C31H37F2N3O5S/c1-20-7-6-8-26(13-20)42(38,39)34-25-10-11-27-29(15-25)41-19-22(3)36(17-23-14-24(32)9-12-28(23)33)16-21(2)30(40-5)18-35(4)31(27)37/h6-15,21-22,30,34H,16-19H2,1-5H3/t21-,22-,30-/m1/s1. The van der Waals surface area contributed by atoms with Crippen molar-refractivity contribution in [3.63, 3.8) is 0 Å². The summed E-state index contributed by atoms with van der Waals surface area (Å²) in [6.45, 7) is 6.65. The average molecular weight is 602 g/mol. The molecule has 0 fully saturated rings. The molecule has 1 aliphatic heterocycles. The van der Waals surface area contributed by atoms with E-state index in [0.717, 1.165) is 17.7 Å². The van der Waals surface area contributed by atoms with Crippen molar-refractivity contribution in [3.05, 3.63) is 89.0 Å². The molecule has 0 saturated heterocycles. The highest BCUT2D eigenvalue weighted by Gasteiger charge is 2.29. The predicted octanol–water partition coefficient (Wildman–Crippen LogP) is 5.08. The van der Waals surface area contributed by atoms with Crippen LogP contribution in [-0.4, -0.2) is 70.1 Å². The first-order valence-corrected chi connectivity index (χ1v) is 15.2. The van der Waals surface area contributed by atoms with Gasteiger partial charge < -0.3 is 14.4 Å². The van der Waals surface area contributed by atoms with Crippen molar-refractivity contribution in [2.75, 3.05) is 38.6 Å². The second-order valence-corrected chi connectivity index (χ2v) is 12.6. The van der Waals surface area contributed by atoms with E-state index >= 15 is 0 Å². The molecule has 1 amide bonds. The van der Waals surface area contributed by atoms with Gasteiger partial charge in [0, 0.05) is 51.5 Å². The Bertz CT molecular complexity index is 1530. The smallest absolute Gasteiger partial charge is 0.261 e. The number of halogens is 2. The van der Waals surface area contributed by atoms with Gasteiger partial charge in [0.2, 0.25) is 0 Å². The number of aryl methyl sites for hydroxylation is 1. The van der Waals surface area contributed by atoms with Crippen LogP contribution in [0.15, 0.2) is 65.6 Å². The highest BCUT2D eigenvalue weighted by Crippen LogP contribution is 2.29. The molecule has 1 aliphatic rings. The SMILES string of the molecule is CO[C@@H]1CN(C)C(=O)c2ccc(NS(=O)(=O)c3cccc(C)c3)cc2OC[C@@H](C)N(Cc2cc(F)ccc2F)C[C@H]1C. The first kappa shape index (κ1) is 31.4. The maximum Gasteiger partial charge on any atom is 0.261 e. The number of methoxy groups -OCH3 is 1. The van der Waals surface area contributed by atoms with Crippen LogP contribution in [0.2, 0.25) is 0 Å². The van der Waals surface area contributed by atoms with E-state index in [2.05, 4.69) is 4.72 Å². The molecule has 11 heteroatoms. The summed E-state index contributed by atoms with van der Waals surface area (Å²) in [5.41, 5.74) is 1.50. The second-order valence-electron chi connectivity index (χ2n) is 10.9. The molecule has 3 atom stereocenters. The molecule has 1 N–H and O–H groups in total. The van der Waals surface area contributed by atoms with E-state index in [1.165, 1.54) is 35.2 Å². The van der Waals surface area contributed by atoms with Gasteiger partial charge >= 0.3 is 0 Å². The number of fused-ring (bicyclic) bond motifs is 1. The lowest BCUT2D eigenvalue weighted by Crippen LogP contribution is -2.46. The third kappa shape index (κ3) is 7.45. The fourth-order valence-corrected chi connectivity index (χ4v) is 6.16. The van der Waals surface area contributed by atoms with E-state index in [4.69, 9.17) is 9.47 Å². The van der Waals surface area contributed by atoms with Crippen LogP contribution in [0.25, 0.3) is 0 Å². The van der Waals surface area contributed by atoms with Gasteiger partial charge in [-0.1, -0.05) is 19.1 Å². The van der Waals surface area contributed by atoms with Crippen molar-refractivity contribution in [2.45, 2.75) is 44.4 Å². The molecule has 8 nitrogen and oxygen atoms in total. The van der Waals surface area contributed by atoms with Crippen molar-refractivity contribution in [1.29, 1.82) is 0 Å². The number of nitrogens with one attached hydrogen (secondary N) is 1. The molecule has 0 aliphatic carbocycles. The number of rotatable bonds is 6. The summed E-state index contributed by atoms with van der Waals surface area (Å²) >= 11 is 0. The number of ether oxygens (including phenoxy) is 2. The third-order valence-corrected chi connectivity index (χ3v) is 8.89. The molecule has 226 valence electrons. The molecule has 0 saturated carbocycles. The number of carbonyl (C=O) groups excluding carboxylic acids is 1. The highest BCUT2D eigenvalue weighted by atomic mass is 32.2. The van der Waals surface area contributed by atoms with Gasteiger partial charge in [-0.05, 0) is 67.8 Å². The van der Waals surface area contributed by atoms with Crippen LogP contribution >= 0.6 is 0 Å². The quantitative estimate of drug-likeness (QED) is 0.424. The lowest BCUT2D eigenvalue weighted by Gasteiger charge is -2.36. The summed E-state index contributed by atoms with van der Waals surface area (Å²) in [5, 5.41) is 0. The summed E-state index contributed by atoms with van der Waals surface area (Å²) in [5.74, 6) is -1.21. The van der Waals surface area contributed by atoms with Gasteiger partial charge in [-0.25, -0.2) is 17.2 Å². The molecule has 42 heavy (non-hydrogen) atoms.